The molecule has 5 nitrogen and oxygen atoms in total. The quantitative estimate of drug-likeness (QED) is 0.840. The molecule has 0 amide bonds. The van der Waals surface area contributed by atoms with Gasteiger partial charge in [0, 0.05) is 20.6 Å². The second-order valence-corrected chi connectivity index (χ2v) is 4.89. The number of aromatic nitrogens is 2. The fraction of sp³-hybridized carbons (Fsp3) is 0.667. The van der Waals surface area contributed by atoms with Crippen molar-refractivity contribution in [2.45, 2.75) is 25.9 Å². The summed E-state index contributed by atoms with van der Waals surface area (Å²) < 4.78 is 1.75. The molecule has 0 aliphatic heterocycles. The maximum absolute atomic E-state index is 9.27. The van der Waals surface area contributed by atoms with E-state index in [1.54, 1.807) is 4.68 Å². The highest BCUT2D eigenvalue weighted by Crippen LogP contribution is 2.30. The first kappa shape index (κ1) is 11.9. The van der Waals surface area contributed by atoms with Gasteiger partial charge in [-0.2, -0.15) is 10.4 Å². The fourth-order valence-electron chi connectivity index (χ4n) is 2.54. The summed E-state index contributed by atoms with van der Waals surface area (Å²) in [5.41, 5.74) is 1.42. The molecule has 5 heteroatoms. The number of aryl methyl sites for hydroxylation is 2. The van der Waals surface area contributed by atoms with Crippen molar-refractivity contribution in [3.8, 4) is 6.07 Å². The maximum Gasteiger partial charge on any atom is 0.144 e. The van der Waals surface area contributed by atoms with Crippen molar-refractivity contribution in [1.29, 1.82) is 5.26 Å². The minimum absolute atomic E-state index is 0.128. The minimum Gasteiger partial charge on any atom is -0.393 e. The first-order valence-corrected chi connectivity index (χ1v) is 5.85. The molecule has 1 aliphatic rings. The van der Waals surface area contributed by atoms with Crippen LogP contribution in [-0.4, -0.2) is 34.6 Å². The van der Waals surface area contributed by atoms with Crippen LogP contribution >= 0.6 is 0 Å². The number of rotatable bonds is 3. The topological polar surface area (TPSA) is 65.1 Å². The van der Waals surface area contributed by atoms with E-state index in [1.807, 2.05) is 21.0 Å². The Morgan fingerprint density at radius 3 is 2.76 bits per heavy atom. The van der Waals surface area contributed by atoms with Gasteiger partial charge in [-0.15, -0.1) is 0 Å². The van der Waals surface area contributed by atoms with E-state index in [2.05, 4.69) is 16.1 Å². The Balaban J connectivity index is 2.13. The molecular weight excluding hydrogens is 216 g/mol. The number of anilines is 1. The zero-order valence-corrected chi connectivity index (χ0v) is 10.5. The Bertz CT molecular complexity index is 454. The van der Waals surface area contributed by atoms with Gasteiger partial charge in [0.25, 0.3) is 0 Å². The Kier molecular flexibility index (Phi) is 3.07. The largest absolute Gasteiger partial charge is 0.393 e. The van der Waals surface area contributed by atoms with Crippen LogP contribution in [0.2, 0.25) is 0 Å². The number of aliphatic hydroxyl groups is 1. The second kappa shape index (κ2) is 4.38. The third-order valence-electron chi connectivity index (χ3n) is 3.41. The van der Waals surface area contributed by atoms with Crippen LogP contribution in [0.15, 0.2) is 0 Å². The van der Waals surface area contributed by atoms with Crippen molar-refractivity contribution in [2.24, 2.45) is 13.0 Å². The van der Waals surface area contributed by atoms with Crippen molar-refractivity contribution in [3.05, 3.63) is 11.3 Å². The van der Waals surface area contributed by atoms with E-state index in [-0.39, 0.29) is 6.10 Å². The molecule has 1 saturated carbocycles. The molecule has 0 spiro atoms. The summed E-state index contributed by atoms with van der Waals surface area (Å²) in [6, 6.07) is 2.21. The number of hydrogen-bond acceptors (Lipinski definition) is 4. The molecule has 1 aromatic rings. The zero-order valence-electron chi connectivity index (χ0n) is 10.5. The molecule has 0 atom stereocenters. The number of nitrogens with zero attached hydrogens (tertiary/aromatic N) is 4. The third kappa shape index (κ3) is 2.13. The molecule has 1 N–H and O–H groups in total. The first-order valence-electron chi connectivity index (χ1n) is 5.85. The van der Waals surface area contributed by atoms with Crippen molar-refractivity contribution in [3.63, 3.8) is 0 Å². The third-order valence-corrected chi connectivity index (χ3v) is 3.41. The summed E-state index contributed by atoms with van der Waals surface area (Å²) >= 11 is 0. The van der Waals surface area contributed by atoms with Gasteiger partial charge < -0.3 is 10.0 Å². The molecule has 2 rings (SSSR count). The van der Waals surface area contributed by atoms with Gasteiger partial charge in [-0.1, -0.05) is 0 Å². The van der Waals surface area contributed by atoms with E-state index in [1.165, 1.54) is 0 Å². The lowest BCUT2D eigenvalue weighted by Gasteiger charge is -2.35. The average molecular weight is 234 g/mol. The summed E-state index contributed by atoms with van der Waals surface area (Å²) in [5.74, 6) is 1.39. The second-order valence-electron chi connectivity index (χ2n) is 4.89. The maximum atomic E-state index is 9.27. The van der Waals surface area contributed by atoms with E-state index < -0.39 is 0 Å². The Hall–Kier alpha value is -1.54. The molecule has 0 bridgehead atoms. The highest BCUT2D eigenvalue weighted by atomic mass is 16.3. The van der Waals surface area contributed by atoms with Crippen LogP contribution in [0.25, 0.3) is 0 Å². The Labute approximate surface area is 101 Å². The molecule has 1 aromatic heterocycles. The number of aliphatic hydroxyl groups excluding tert-OH is 1. The molecular formula is C12H18N4O. The fourth-order valence-corrected chi connectivity index (χ4v) is 2.54. The van der Waals surface area contributed by atoms with Crippen LogP contribution in [-0.2, 0) is 7.05 Å². The van der Waals surface area contributed by atoms with Gasteiger partial charge in [0.05, 0.1) is 11.8 Å². The van der Waals surface area contributed by atoms with Crippen molar-refractivity contribution < 1.29 is 5.11 Å². The lowest BCUT2D eigenvalue weighted by molar-refractivity contribution is 0.0464. The van der Waals surface area contributed by atoms with Crippen LogP contribution < -0.4 is 4.90 Å². The molecule has 0 radical (unpaired) electrons. The van der Waals surface area contributed by atoms with E-state index in [9.17, 15) is 5.11 Å². The van der Waals surface area contributed by atoms with E-state index in [0.29, 0.717) is 11.5 Å². The van der Waals surface area contributed by atoms with Crippen molar-refractivity contribution >= 4 is 5.82 Å². The highest BCUT2D eigenvalue weighted by Gasteiger charge is 2.29. The predicted octanol–water partition coefficient (Wildman–Crippen LogP) is 0.807. The van der Waals surface area contributed by atoms with Crippen LogP contribution in [0.1, 0.15) is 24.1 Å². The van der Waals surface area contributed by atoms with Gasteiger partial charge in [0.2, 0.25) is 0 Å². The van der Waals surface area contributed by atoms with Crippen molar-refractivity contribution in [1.82, 2.24) is 9.78 Å². The molecule has 92 valence electrons. The van der Waals surface area contributed by atoms with Gasteiger partial charge >= 0.3 is 0 Å². The summed E-state index contributed by atoms with van der Waals surface area (Å²) in [6.45, 7) is 2.72. The summed E-state index contributed by atoms with van der Waals surface area (Å²) in [5, 5.41) is 22.7. The predicted molar refractivity (Wildman–Crippen MR) is 64.7 cm³/mol. The van der Waals surface area contributed by atoms with E-state index >= 15 is 0 Å². The number of nitriles is 1. The standard InChI is InChI=1S/C12H18N4O/c1-8-11(6-13)12(16(3)14-8)15(2)7-9-4-10(17)5-9/h9-10,17H,4-5,7H2,1-3H3. The molecule has 17 heavy (non-hydrogen) atoms. The van der Waals surface area contributed by atoms with E-state index in [0.717, 1.165) is 30.9 Å². The number of hydrogen-bond donors (Lipinski definition) is 1. The molecule has 0 saturated heterocycles. The molecule has 1 heterocycles. The lowest BCUT2D eigenvalue weighted by Crippen LogP contribution is -2.37. The van der Waals surface area contributed by atoms with Crippen LogP contribution in [0, 0.1) is 24.2 Å². The zero-order chi connectivity index (χ0) is 12.6. The molecule has 0 unspecified atom stereocenters. The molecule has 1 fully saturated rings. The Morgan fingerprint density at radius 2 is 2.24 bits per heavy atom. The first-order chi connectivity index (χ1) is 8.02. The van der Waals surface area contributed by atoms with Crippen LogP contribution in [0.3, 0.4) is 0 Å². The monoisotopic (exact) mass is 234 g/mol. The molecule has 0 aromatic carbocycles. The smallest absolute Gasteiger partial charge is 0.144 e. The van der Waals surface area contributed by atoms with Crippen molar-refractivity contribution in [2.75, 3.05) is 18.5 Å². The summed E-state index contributed by atoms with van der Waals surface area (Å²) in [7, 11) is 3.83. The van der Waals surface area contributed by atoms with Gasteiger partial charge in [0.1, 0.15) is 17.5 Å². The lowest BCUT2D eigenvalue weighted by atomic mass is 9.82. The van der Waals surface area contributed by atoms with Crippen LogP contribution in [0.4, 0.5) is 5.82 Å². The Morgan fingerprint density at radius 1 is 1.59 bits per heavy atom. The average Bonchev–Trinajstić information content (AvgIpc) is 2.50. The SMILES string of the molecule is Cc1nn(C)c(N(C)CC2CC(O)C2)c1C#N. The molecule has 1 aliphatic carbocycles. The summed E-state index contributed by atoms with van der Waals surface area (Å²) in [4.78, 5) is 2.06. The van der Waals surface area contributed by atoms with Gasteiger partial charge in [-0.05, 0) is 25.7 Å². The van der Waals surface area contributed by atoms with E-state index in [4.69, 9.17) is 5.26 Å². The van der Waals surface area contributed by atoms with Crippen LogP contribution in [0.5, 0.6) is 0 Å². The minimum atomic E-state index is -0.128. The van der Waals surface area contributed by atoms with Gasteiger partial charge in [-0.3, -0.25) is 4.68 Å². The normalized spacial score (nSPS) is 23.0. The highest BCUT2D eigenvalue weighted by molar-refractivity contribution is 5.56. The van der Waals surface area contributed by atoms with Gasteiger partial charge in [0.15, 0.2) is 0 Å². The summed E-state index contributed by atoms with van der Waals surface area (Å²) in [6.07, 6.45) is 1.60. The van der Waals surface area contributed by atoms with Gasteiger partial charge in [-0.25, -0.2) is 0 Å².